The van der Waals surface area contributed by atoms with Crippen LogP contribution in [0.15, 0.2) is 23.5 Å². The normalized spacial score (nSPS) is 29.7. The minimum absolute atomic E-state index is 0.201. The molecule has 0 aromatic heterocycles. The van der Waals surface area contributed by atoms with E-state index in [1.165, 1.54) is 5.57 Å². The second-order valence-corrected chi connectivity index (χ2v) is 2.94. The Morgan fingerprint density at radius 3 is 3.27 bits per heavy atom. The van der Waals surface area contributed by atoms with E-state index in [9.17, 15) is 0 Å². The van der Waals surface area contributed by atoms with Crippen LogP contribution in [-0.2, 0) is 9.47 Å². The highest BCUT2D eigenvalue weighted by Gasteiger charge is 2.22. The van der Waals surface area contributed by atoms with Gasteiger partial charge in [0, 0.05) is 0 Å². The summed E-state index contributed by atoms with van der Waals surface area (Å²) in [4.78, 5) is 0. The number of fused-ring (bicyclic) bond motifs is 1. The quantitative estimate of drug-likeness (QED) is 0.525. The van der Waals surface area contributed by atoms with Gasteiger partial charge >= 0.3 is 0 Å². The standard InChI is InChI=1S/C9H12O2/c1-7-2-3-8-9(6-7)11-5-4-10-8/h2,6,8H,3-5H2,1H3. The van der Waals surface area contributed by atoms with Crippen molar-refractivity contribution in [2.24, 2.45) is 0 Å². The molecule has 1 aliphatic heterocycles. The number of allylic oxidation sites excluding steroid dienone is 2. The van der Waals surface area contributed by atoms with Crippen LogP contribution in [0, 0.1) is 0 Å². The zero-order valence-corrected chi connectivity index (χ0v) is 6.67. The first-order valence-electron chi connectivity index (χ1n) is 3.99. The fraction of sp³-hybridized carbons (Fsp3) is 0.556. The van der Waals surface area contributed by atoms with Crippen LogP contribution >= 0.6 is 0 Å². The van der Waals surface area contributed by atoms with Gasteiger partial charge in [-0.25, -0.2) is 0 Å². The third kappa shape index (κ3) is 1.31. The van der Waals surface area contributed by atoms with Crippen molar-refractivity contribution < 1.29 is 9.47 Å². The van der Waals surface area contributed by atoms with Gasteiger partial charge in [-0.2, -0.15) is 0 Å². The van der Waals surface area contributed by atoms with Crippen molar-refractivity contribution in [3.63, 3.8) is 0 Å². The molecule has 1 atom stereocenters. The number of rotatable bonds is 0. The minimum atomic E-state index is 0.201. The van der Waals surface area contributed by atoms with E-state index in [0.717, 1.165) is 18.8 Å². The van der Waals surface area contributed by atoms with Gasteiger partial charge in [0.05, 0.1) is 6.61 Å². The SMILES string of the molecule is CC1=CCC2OCCOC2=C1. The van der Waals surface area contributed by atoms with Gasteiger partial charge < -0.3 is 9.47 Å². The topological polar surface area (TPSA) is 18.5 Å². The van der Waals surface area contributed by atoms with E-state index in [1.54, 1.807) is 0 Å². The van der Waals surface area contributed by atoms with Crippen molar-refractivity contribution in [3.8, 4) is 0 Å². The van der Waals surface area contributed by atoms with Crippen LogP contribution in [0.3, 0.4) is 0 Å². The van der Waals surface area contributed by atoms with Crippen LogP contribution in [0.2, 0.25) is 0 Å². The molecular weight excluding hydrogens is 140 g/mol. The van der Waals surface area contributed by atoms with Crippen molar-refractivity contribution in [1.82, 2.24) is 0 Å². The van der Waals surface area contributed by atoms with Crippen LogP contribution in [-0.4, -0.2) is 19.3 Å². The fourth-order valence-corrected chi connectivity index (χ4v) is 1.42. The Kier molecular flexibility index (Phi) is 1.70. The Balaban J connectivity index is 2.17. The zero-order valence-electron chi connectivity index (χ0n) is 6.67. The molecule has 1 saturated heterocycles. The molecule has 0 bridgehead atoms. The van der Waals surface area contributed by atoms with E-state index in [0.29, 0.717) is 6.61 Å². The highest BCUT2D eigenvalue weighted by molar-refractivity contribution is 5.26. The fourth-order valence-electron chi connectivity index (χ4n) is 1.42. The van der Waals surface area contributed by atoms with Gasteiger partial charge in [0.1, 0.15) is 18.5 Å². The maximum atomic E-state index is 5.49. The van der Waals surface area contributed by atoms with Crippen molar-refractivity contribution in [2.75, 3.05) is 13.2 Å². The Morgan fingerprint density at radius 1 is 1.45 bits per heavy atom. The molecule has 0 saturated carbocycles. The summed E-state index contributed by atoms with van der Waals surface area (Å²) in [7, 11) is 0. The second-order valence-electron chi connectivity index (χ2n) is 2.94. The van der Waals surface area contributed by atoms with Gasteiger partial charge in [0.25, 0.3) is 0 Å². The summed E-state index contributed by atoms with van der Waals surface area (Å²) in [5.41, 5.74) is 1.28. The summed E-state index contributed by atoms with van der Waals surface area (Å²) in [6.45, 7) is 3.52. The molecule has 1 heterocycles. The van der Waals surface area contributed by atoms with Gasteiger partial charge in [-0.3, -0.25) is 0 Å². The number of hydrogen-bond donors (Lipinski definition) is 0. The lowest BCUT2D eigenvalue weighted by Crippen LogP contribution is -2.27. The monoisotopic (exact) mass is 152 g/mol. The maximum absolute atomic E-state index is 5.49. The van der Waals surface area contributed by atoms with Crippen molar-refractivity contribution in [1.29, 1.82) is 0 Å². The Bertz CT molecular complexity index is 216. The summed E-state index contributed by atoms with van der Waals surface area (Å²) in [5, 5.41) is 0. The molecular formula is C9H12O2. The van der Waals surface area contributed by atoms with Gasteiger partial charge in [0.2, 0.25) is 0 Å². The largest absolute Gasteiger partial charge is 0.493 e. The third-order valence-corrected chi connectivity index (χ3v) is 2.01. The summed E-state index contributed by atoms with van der Waals surface area (Å²) in [6, 6.07) is 0. The van der Waals surface area contributed by atoms with E-state index >= 15 is 0 Å². The van der Waals surface area contributed by atoms with Crippen LogP contribution in [0.25, 0.3) is 0 Å². The first-order valence-corrected chi connectivity index (χ1v) is 3.99. The van der Waals surface area contributed by atoms with Crippen molar-refractivity contribution >= 4 is 0 Å². The smallest absolute Gasteiger partial charge is 0.125 e. The first-order chi connectivity index (χ1) is 5.36. The third-order valence-electron chi connectivity index (χ3n) is 2.01. The molecule has 1 fully saturated rings. The van der Waals surface area contributed by atoms with E-state index in [2.05, 4.69) is 19.1 Å². The Hall–Kier alpha value is -0.760. The van der Waals surface area contributed by atoms with E-state index in [4.69, 9.17) is 9.47 Å². The van der Waals surface area contributed by atoms with E-state index in [-0.39, 0.29) is 6.10 Å². The summed E-state index contributed by atoms with van der Waals surface area (Å²) >= 11 is 0. The Labute approximate surface area is 66.5 Å². The summed E-state index contributed by atoms with van der Waals surface area (Å²) in [6.07, 6.45) is 5.42. The maximum Gasteiger partial charge on any atom is 0.125 e. The van der Waals surface area contributed by atoms with E-state index < -0.39 is 0 Å². The van der Waals surface area contributed by atoms with Crippen LogP contribution < -0.4 is 0 Å². The molecule has 11 heavy (non-hydrogen) atoms. The molecule has 2 aliphatic rings. The molecule has 0 spiro atoms. The molecule has 0 amide bonds. The van der Waals surface area contributed by atoms with Gasteiger partial charge in [-0.1, -0.05) is 11.6 Å². The summed E-state index contributed by atoms with van der Waals surface area (Å²) < 4.78 is 10.9. The van der Waals surface area contributed by atoms with Crippen molar-refractivity contribution in [2.45, 2.75) is 19.4 Å². The predicted octanol–water partition coefficient (Wildman–Crippen LogP) is 1.64. The molecule has 2 heteroatoms. The molecule has 1 aliphatic carbocycles. The lowest BCUT2D eigenvalue weighted by atomic mass is 10.0. The molecule has 0 N–H and O–H groups in total. The average Bonchev–Trinajstić information content (AvgIpc) is 2.04. The predicted molar refractivity (Wildman–Crippen MR) is 42.1 cm³/mol. The lowest BCUT2D eigenvalue weighted by Gasteiger charge is -2.28. The van der Waals surface area contributed by atoms with Gasteiger partial charge in [-0.15, -0.1) is 0 Å². The van der Waals surface area contributed by atoms with E-state index in [1.807, 2.05) is 0 Å². The number of hydrogen-bond acceptors (Lipinski definition) is 2. The first kappa shape index (κ1) is 6.92. The molecule has 60 valence electrons. The molecule has 1 unspecified atom stereocenters. The Morgan fingerprint density at radius 2 is 2.36 bits per heavy atom. The van der Waals surface area contributed by atoms with Crippen LogP contribution in [0.1, 0.15) is 13.3 Å². The van der Waals surface area contributed by atoms with Crippen LogP contribution in [0.4, 0.5) is 0 Å². The van der Waals surface area contributed by atoms with Gasteiger partial charge in [0.15, 0.2) is 0 Å². The molecule has 0 aromatic rings. The lowest BCUT2D eigenvalue weighted by molar-refractivity contribution is -0.0417. The molecule has 2 rings (SSSR count). The highest BCUT2D eigenvalue weighted by Crippen LogP contribution is 2.23. The number of ether oxygens (including phenoxy) is 2. The minimum Gasteiger partial charge on any atom is -0.493 e. The molecule has 0 radical (unpaired) electrons. The van der Waals surface area contributed by atoms with Gasteiger partial charge in [-0.05, 0) is 19.4 Å². The molecule has 0 aromatic carbocycles. The average molecular weight is 152 g/mol. The molecule has 2 nitrogen and oxygen atoms in total. The summed E-state index contributed by atoms with van der Waals surface area (Å²) in [5.74, 6) is 1.01. The second kappa shape index (κ2) is 2.70. The zero-order chi connectivity index (χ0) is 7.68. The van der Waals surface area contributed by atoms with Crippen molar-refractivity contribution in [3.05, 3.63) is 23.5 Å². The highest BCUT2D eigenvalue weighted by atomic mass is 16.6. The van der Waals surface area contributed by atoms with Crippen LogP contribution in [0.5, 0.6) is 0 Å².